The Hall–Kier alpha value is -3.03. The minimum absolute atomic E-state index is 0.217. The van der Waals surface area contributed by atoms with Gasteiger partial charge in [-0.15, -0.1) is 0 Å². The van der Waals surface area contributed by atoms with Crippen LogP contribution >= 0.6 is 0 Å². The molecule has 166 valence electrons. The molecule has 2 heterocycles. The molecule has 0 bridgehead atoms. The maximum atomic E-state index is 12.5. The minimum atomic E-state index is -0.409. The second-order valence-electron chi connectivity index (χ2n) is 8.35. The van der Waals surface area contributed by atoms with Crippen molar-refractivity contribution in [3.05, 3.63) is 50.3 Å². The van der Waals surface area contributed by atoms with Crippen LogP contribution in [0.5, 0.6) is 0 Å². The van der Waals surface area contributed by atoms with Gasteiger partial charge in [0.15, 0.2) is 0 Å². The summed E-state index contributed by atoms with van der Waals surface area (Å²) in [5.41, 5.74) is 2.67. The summed E-state index contributed by atoms with van der Waals surface area (Å²) in [5.74, 6) is 0. The first-order valence-electron chi connectivity index (χ1n) is 11.0. The van der Waals surface area contributed by atoms with Crippen molar-refractivity contribution in [1.29, 1.82) is 0 Å². The van der Waals surface area contributed by atoms with Crippen LogP contribution in [0.1, 0.15) is 19.4 Å². The SMILES string of the molecule is CCOC(=O)N1CCN(c2c(N3CCN(c4ccc(C)cc4)[C@@H](C)C3)c(=O)c2=O)CC1. The first-order valence-corrected chi connectivity index (χ1v) is 11.0. The third-order valence-corrected chi connectivity index (χ3v) is 6.29. The molecule has 8 heteroatoms. The number of hydrogen-bond donors (Lipinski definition) is 0. The van der Waals surface area contributed by atoms with Crippen molar-refractivity contribution in [2.24, 2.45) is 0 Å². The van der Waals surface area contributed by atoms with Crippen molar-refractivity contribution in [3.63, 3.8) is 0 Å². The molecule has 0 saturated carbocycles. The second kappa shape index (κ2) is 8.61. The predicted octanol–water partition coefficient (Wildman–Crippen LogP) is 1.58. The van der Waals surface area contributed by atoms with Crippen molar-refractivity contribution in [3.8, 4) is 0 Å². The van der Waals surface area contributed by atoms with Gasteiger partial charge in [-0.1, -0.05) is 17.7 Å². The van der Waals surface area contributed by atoms with Crippen LogP contribution < -0.4 is 25.6 Å². The summed E-state index contributed by atoms with van der Waals surface area (Å²) in [6.45, 7) is 10.5. The van der Waals surface area contributed by atoms with Gasteiger partial charge in [0.05, 0.1) is 6.61 Å². The lowest BCUT2D eigenvalue weighted by Crippen LogP contribution is -2.58. The van der Waals surface area contributed by atoms with Gasteiger partial charge < -0.3 is 24.3 Å². The first kappa shape index (κ1) is 21.2. The summed E-state index contributed by atoms with van der Waals surface area (Å²) < 4.78 is 5.06. The van der Waals surface area contributed by atoms with E-state index in [9.17, 15) is 14.4 Å². The molecule has 31 heavy (non-hydrogen) atoms. The number of anilines is 3. The zero-order valence-electron chi connectivity index (χ0n) is 18.5. The molecule has 1 amide bonds. The van der Waals surface area contributed by atoms with Gasteiger partial charge in [-0.25, -0.2) is 4.79 Å². The average molecular weight is 427 g/mol. The van der Waals surface area contributed by atoms with Gasteiger partial charge in [0.2, 0.25) is 0 Å². The van der Waals surface area contributed by atoms with E-state index in [1.807, 2.05) is 4.90 Å². The Bertz CT molecular complexity index is 1000. The van der Waals surface area contributed by atoms with E-state index >= 15 is 0 Å². The zero-order chi connectivity index (χ0) is 22.1. The van der Waals surface area contributed by atoms with Gasteiger partial charge in [0.25, 0.3) is 10.9 Å². The Labute approximate surface area is 182 Å². The number of carbonyl (C=O) groups is 1. The average Bonchev–Trinajstić information content (AvgIpc) is 2.78. The molecule has 0 unspecified atom stereocenters. The Morgan fingerprint density at radius 2 is 1.52 bits per heavy atom. The number of ether oxygens (including phenoxy) is 1. The molecule has 2 aliphatic rings. The number of nitrogens with zero attached hydrogens (tertiary/aromatic N) is 4. The number of piperazine rings is 2. The first-order chi connectivity index (χ1) is 14.9. The van der Waals surface area contributed by atoms with E-state index in [0.717, 1.165) is 6.54 Å². The summed E-state index contributed by atoms with van der Waals surface area (Å²) >= 11 is 0. The van der Waals surface area contributed by atoms with Crippen LogP contribution in [0, 0.1) is 6.92 Å². The number of carbonyl (C=O) groups excluding carboxylic acids is 1. The Kier molecular flexibility index (Phi) is 5.89. The number of aryl methyl sites for hydroxylation is 1. The molecule has 0 aromatic heterocycles. The molecular formula is C23H30N4O4. The largest absolute Gasteiger partial charge is 0.450 e. The van der Waals surface area contributed by atoms with Crippen LogP contribution in [0.15, 0.2) is 33.9 Å². The van der Waals surface area contributed by atoms with Crippen LogP contribution in [0.4, 0.5) is 21.9 Å². The highest BCUT2D eigenvalue weighted by Gasteiger charge is 2.35. The highest BCUT2D eigenvalue weighted by Crippen LogP contribution is 2.29. The van der Waals surface area contributed by atoms with Crippen LogP contribution in [0.2, 0.25) is 0 Å². The number of rotatable bonds is 4. The van der Waals surface area contributed by atoms with Crippen molar-refractivity contribution in [2.75, 3.05) is 67.1 Å². The highest BCUT2D eigenvalue weighted by atomic mass is 16.6. The number of amides is 1. The fraction of sp³-hybridized carbons (Fsp3) is 0.522. The Balaban J connectivity index is 1.45. The van der Waals surface area contributed by atoms with E-state index < -0.39 is 5.43 Å². The van der Waals surface area contributed by atoms with Crippen molar-refractivity contribution >= 4 is 23.2 Å². The van der Waals surface area contributed by atoms with E-state index in [-0.39, 0.29) is 17.6 Å². The molecular weight excluding hydrogens is 396 g/mol. The predicted molar refractivity (Wildman–Crippen MR) is 122 cm³/mol. The molecule has 2 aliphatic heterocycles. The molecule has 2 fully saturated rings. The molecule has 0 aliphatic carbocycles. The molecule has 2 saturated heterocycles. The molecule has 0 N–H and O–H groups in total. The topological polar surface area (TPSA) is 73.4 Å². The van der Waals surface area contributed by atoms with E-state index in [2.05, 4.69) is 47.9 Å². The third-order valence-electron chi connectivity index (χ3n) is 6.29. The fourth-order valence-electron chi connectivity index (χ4n) is 4.56. The smallest absolute Gasteiger partial charge is 0.409 e. The monoisotopic (exact) mass is 426 g/mol. The maximum Gasteiger partial charge on any atom is 0.409 e. The lowest BCUT2D eigenvalue weighted by atomic mass is 10.1. The molecule has 2 aromatic rings. The van der Waals surface area contributed by atoms with E-state index in [4.69, 9.17) is 4.74 Å². The summed E-state index contributed by atoms with van der Waals surface area (Å²) in [6.07, 6.45) is -0.326. The second-order valence-corrected chi connectivity index (χ2v) is 8.35. The Morgan fingerprint density at radius 3 is 2.10 bits per heavy atom. The van der Waals surface area contributed by atoms with E-state index in [0.29, 0.717) is 57.3 Å². The molecule has 2 aromatic carbocycles. The zero-order valence-corrected chi connectivity index (χ0v) is 18.5. The quantitative estimate of drug-likeness (QED) is 0.688. The molecule has 1 atom stereocenters. The minimum Gasteiger partial charge on any atom is -0.450 e. The van der Waals surface area contributed by atoms with Gasteiger partial charge in [-0.2, -0.15) is 0 Å². The van der Waals surface area contributed by atoms with Crippen molar-refractivity contribution < 1.29 is 9.53 Å². The van der Waals surface area contributed by atoms with Crippen LogP contribution in [-0.2, 0) is 4.74 Å². The van der Waals surface area contributed by atoms with Gasteiger partial charge >= 0.3 is 6.09 Å². The molecule has 4 rings (SSSR count). The lowest BCUT2D eigenvalue weighted by molar-refractivity contribution is 0.105. The normalized spacial score (nSPS) is 19.8. The molecule has 0 spiro atoms. The van der Waals surface area contributed by atoms with Crippen LogP contribution in [-0.4, -0.2) is 69.5 Å². The van der Waals surface area contributed by atoms with E-state index in [1.54, 1.807) is 11.8 Å². The molecule has 0 radical (unpaired) electrons. The van der Waals surface area contributed by atoms with Crippen molar-refractivity contribution in [1.82, 2.24) is 4.90 Å². The van der Waals surface area contributed by atoms with Gasteiger partial charge in [0, 0.05) is 57.5 Å². The summed E-state index contributed by atoms with van der Waals surface area (Å²) in [7, 11) is 0. The summed E-state index contributed by atoms with van der Waals surface area (Å²) in [5, 5.41) is 0. The van der Waals surface area contributed by atoms with Gasteiger partial charge in [-0.3, -0.25) is 9.59 Å². The molecule has 8 nitrogen and oxygen atoms in total. The van der Waals surface area contributed by atoms with Crippen LogP contribution in [0.25, 0.3) is 0 Å². The van der Waals surface area contributed by atoms with Crippen molar-refractivity contribution in [2.45, 2.75) is 26.8 Å². The number of benzene rings is 1. The fourth-order valence-corrected chi connectivity index (χ4v) is 4.56. The standard InChI is InChI=1S/C23H30N4O4/c1-4-31-23(30)25-11-9-24(10-12-25)19-20(22(29)21(19)28)26-13-14-27(17(3)15-26)18-7-5-16(2)6-8-18/h5-8,17H,4,9-15H2,1-3H3/t17-/m0/s1. The Morgan fingerprint density at radius 1 is 0.935 bits per heavy atom. The summed E-state index contributed by atoms with van der Waals surface area (Å²) in [6, 6.07) is 8.70. The maximum absolute atomic E-state index is 12.5. The van der Waals surface area contributed by atoms with E-state index in [1.165, 1.54) is 11.3 Å². The lowest BCUT2D eigenvalue weighted by Gasteiger charge is -2.44. The van der Waals surface area contributed by atoms with Gasteiger partial charge in [-0.05, 0) is 32.9 Å². The van der Waals surface area contributed by atoms with Crippen LogP contribution in [0.3, 0.4) is 0 Å². The number of hydrogen-bond acceptors (Lipinski definition) is 7. The van der Waals surface area contributed by atoms with Gasteiger partial charge in [0.1, 0.15) is 11.4 Å². The third kappa shape index (κ3) is 3.98. The highest BCUT2D eigenvalue weighted by molar-refractivity contribution is 5.77. The summed E-state index contributed by atoms with van der Waals surface area (Å²) in [4.78, 5) is 44.9.